The fraction of sp³-hybridized carbons (Fsp3) is 0. The number of hydrogen-bond donors (Lipinski definition) is 0. The van der Waals surface area contributed by atoms with Crippen molar-refractivity contribution >= 4 is 54.6 Å². The molecule has 12 aromatic rings. The molecule has 280 valence electrons. The van der Waals surface area contributed by atoms with E-state index in [1.54, 1.807) is 0 Å². The molecule has 60 heavy (non-hydrogen) atoms. The average molecular weight is 768 g/mol. The Morgan fingerprint density at radius 3 is 1.48 bits per heavy atom. The van der Waals surface area contributed by atoms with Crippen LogP contribution >= 0.6 is 0 Å². The molecule has 0 spiro atoms. The van der Waals surface area contributed by atoms with Crippen LogP contribution in [0.1, 0.15) is 0 Å². The highest BCUT2D eigenvalue weighted by Gasteiger charge is 2.24. The van der Waals surface area contributed by atoms with Gasteiger partial charge in [-0.3, -0.25) is 0 Å². The number of fused-ring (bicyclic) bond motifs is 8. The number of para-hydroxylation sites is 2. The van der Waals surface area contributed by atoms with Gasteiger partial charge in [0.05, 0.1) is 0 Å². The summed E-state index contributed by atoms with van der Waals surface area (Å²) >= 11 is 0. The van der Waals surface area contributed by atoms with Gasteiger partial charge in [-0.1, -0.05) is 176 Å². The Morgan fingerprint density at radius 1 is 0.283 bits per heavy atom. The van der Waals surface area contributed by atoms with Gasteiger partial charge in [-0.2, -0.15) is 0 Å². The van der Waals surface area contributed by atoms with E-state index in [4.69, 9.17) is 23.8 Å². The first-order valence-corrected chi connectivity index (χ1v) is 20.1. The SMILES string of the molecule is c1ccc(-c2ccc(-c3nc(-c4ccc(-c5ccccc5)cc4)nc(-c4c(-c5cccc6c5oc5ccc7ccccc7c56)ccc5oc6ccccc6c45)n3)cc2)cc1. The van der Waals surface area contributed by atoms with Crippen molar-refractivity contribution in [3.8, 4) is 67.5 Å². The topological polar surface area (TPSA) is 65.0 Å². The van der Waals surface area contributed by atoms with E-state index in [1.165, 1.54) is 5.39 Å². The summed E-state index contributed by atoms with van der Waals surface area (Å²) in [6.45, 7) is 0. The van der Waals surface area contributed by atoms with Gasteiger partial charge in [0, 0.05) is 43.8 Å². The van der Waals surface area contributed by atoms with E-state index in [1.807, 2.05) is 30.3 Å². The van der Waals surface area contributed by atoms with Crippen LogP contribution in [0.3, 0.4) is 0 Å². The second-order valence-corrected chi connectivity index (χ2v) is 15.1. The minimum Gasteiger partial charge on any atom is -0.456 e. The van der Waals surface area contributed by atoms with Crippen molar-refractivity contribution in [2.75, 3.05) is 0 Å². The number of benzene rings is 9. The van der Waals surface area contributed by atoms with E-state index < -0.39 is 0 Å². The van der Waals surface area contributed by atoms with Gasteiger partial charge < -0.3 is 8.83 Å². The van der Waals surface area contributed by atoms with E-state index >= 15 is 0 Å². The highest BCUT2D eigenvalue weighted by Crippen LogP contribution is 2.46. The molecule has 0 radical (unpaired) electrons. The van der Waals surface area contributed by atoms with Crippen molar-refractivity contribution in [1.29, 1.82) is 0 Å². The predicted octanol–water partition coefficient (Wildman–Crippen LogP) is 14.8. The van der Waals surface area contributed by atoms with Crippen molar-refractivity contribution < 1.29 is 8.83 Å². The summed E-state index contributed by atoms with van der Waals surface area (Å²) in [4.78, 5) is 15.9. The Bertz CT molecular complexity index is 3470. The summed E-state index contributed by atoms with van der Waals surface area (Å²) in [5.41, 5.74) is 12.2. The van der Waals surface area contributed by atoms with Gasteiger partial charge in [-0.25, -0.2) is 15.0 Å². The maximum Gasteiger partial charge on any atom is 0.165 e. The van der Waals surface area contributed by atoms with Crippen molar-refractivity contribution in [3.63, 3.8) is 0 Å². The largest absolute Gasteiger partial charge is 0.456 e. The molecule has 0 aliphatic heterocycles. The Kier molecular flexibility index (Phi) is 7.78. The summed E-state index contributed by atoms with van der Waals surface area (Å²) in [5, 5.41) is 6.40. The lowest BCUT2D eigenvalue weighted by molar-refractivity contribution is 0.668. The van der Waals surface area contributed by atoms with Gasteiger partial charge >= 0.3 is 0 Å². The molecule has 3 heterocycles. The lowest BCUT2D eigenvalue weighted by atomic mass is 9.93. The third-order valence-electron chi connectivity index (χ3n) is 11.6. The number of aromatic nitrogens is 3. The number of nitrogens with zero attached hydrogens (tertiary/aromatic N) is 3. The molecular formula is C55H33N3O2. The smallest absolute Gasteiger partial charge is 0.165 e. The van der Waals surface area contributed by atoms with Gasteiger partial charge in [-0.15, -0.1) is 0 Å². The molecule has 3 aromatic heterocycles. The number of rotatable bonds is 6. The Balaban J connectivity index is 1.12. The molecular weight excluding hydrogens is 735 g/mol. The fourth-order valence-corrected chi connectivity index (χ4v) is 8.68. The van der Waals surface area contributed by atoms with Crippen LogP contribution in [0.4, 0.5) is 0 Å². The van der Waals surface area contributed by atoms with Crippen molar-refractivity contribution in [3.05, 3.63) is 200 Å². The summed E-state index contributed by atoms with van der Waals surface area (Å²) in [7, 11) is 0. The van der Waals surface area contributed by atoms with Crippen LogP contribution < -0.4 is 0 Å². The third-order valence-corrected chi connectivity index (χ3v) is 11.6. The summed E-state index contributed by atoms with van der Waals surface area (Å²) < 4.78 is 13.4. The first kappa shape index (κ1) is 33.9. The molecule has 9 aromatic carbocycles. The molecule has 0 bridgehead atoms. The highest BCUT2D eigenvalue weighted by atomic mass is 16.3. The zero-order valence-electron chi connectivity index (χ0n) is 32.2. The highest BCUT2D eigenvalue weighted by molar-refractivity contribution is 6.22. The maximum atomic E-state index is 6.82. The summed E-state index contributed by atoms with van der Waals surface area (Å²) in [5.74, 6) is 1.69. The quantitative estimate of drug-likeness (QED) is 0.169. The second kappa shape index (κ2) is 13.8. The molecule has 0 fully saturated rings. The van der Waals surface area contributed by atoms with E-state index in [0.29, 0.717) is 17.5 Å². The van der Waals surface area contributed by atoms with Crippen LogP contribution in [0, 0.1) is 0 Å². The lowest BCUT2D eigenvalue weighted by Crippen LogP contribution is -2.01. The molecule has 12 rings (SSSR count). The van der Waals surface area contributed by atoms with Crippen LogP contribution in [0.2, 0.25) is 0 Å². The van der Waals surface area contributed by atoms with Crippen LogP contribution in [0.25, 0.3) is 122 Å². The minimum absolute atomic E-state index is 0.542. The van der Waals surface area contributed by atoms with Gasteiger partial charge in [0.2, 0.25) is 0 Å². The number of hydrogen-bond acceptors (Lipinski definition) is 5. The molecule has 0 unspecified atom stereocenters. The van der Waals surface area contributed by atoms with Crippen molar-refractivity contribution in [1.82, 2.24) is 15.0 Å². The first-order chi connectivity index (χ1) is 29.7. The van der Waals surface area contributed by atoms with Gasteiger partial charge in [0.15, 0.2) is 17.5 Å². The molecule has 5 nitrogen and oxygen atoms in total. The molecule has 5 heteroatoms. The Hall–Kier alpha value is -8.15. The molecule has 0 amide bonds. The lowest BCUT2D eigenvalue weighted by Gasteiger charge is -2.14. The van der Waals surface area contributed by atoms with E-state index in [9.17, 15) is 0 Å². The van der Waals surface area contributed by atoms with Crippen molar-refractivity contribution in [2.45, 2.75) is 0 Å². The average Bonchev–Trinajstić information content (AvgIpc) is 3.91. The van der Waals surface area contributed by atoms with E-state index in [0.717, 1.165) is 99.3 Å². The normalized spacial score (nSPS) is 11.7. The number of furan rings is 2. The zero-order chi connectivity index (χ0) is 39.6. The molecule has 0 aliphatic rings. The monoisotopic (exact) mass is 767 g/mol. The molecule has 0 aliphatic carbocycles. The van der Waals surface area contributed by atoms with E-state index in [-0.39, 0.29) is 0 Å². The standard InChI is InChI=1S/C55H33N3O2/c1-3-12-34(13-4-1)36-22-26-39(27-23-36)53-56-54(40-28-24-37(25-29-40)35-14-5-2-6-15-35)58-55(57-53)51-42(31-33-48-50(51)44-18-9-10-21-46(44)59-48)43-19-11-20-45-49-41-17-8-7-16-38(41)30-32-47(49)60-52(43)45/h1-33H. The fourth-order valence-electron chi connectivity index (χ4n) is 8.68. The van der Waals surface area contributed by atoms with Crippen LogP contribution in [0.15, 0.2) is 209 Å². The third kappa shape index (κ3) is 5.59. The van der Waals surface area contributed by atoms with Crippen LogP contribution in [-0.4, -0.2) is 15.0 Å². The van der Waals surface area contributed by atoms with Gasteiger partial charge in [-0.05, 0) is 62.9 Å². The zero-order valence-corrected chi connectivity index (χ0v) is 32.2. The van der Waals surface area contributed by atoms with Gasteiger partial charge in [0.25, 0.3) is 0 Å². The van der Waals surface area contributed by atoms with Crippen molar-refractivity contribution in [2.24, 2.45) is 0 Å². The minimum atomic E-state index is 0.542. The molecule has 0 saturated heterocycles. The predicted molar refractivity (Wildman–Crippen MR) is 245 cm³/mol. The second-order valence-electron chi connectivity index (χ2n) is 15.1. The molecule has 0 atom stereocenters. The Labute approximate surface area is 344 Å². The Morgan fingerprint density at radius 2 is 0.800 bits per heavy atom. The first-order valence-electron chi connectivity index (χ1n) is 20.1. The summed E-state index contributed by atoms with van der Waals surface area (Å²) in [6, 6.07) is 69.1. The van der Waals surface area contributed by atoms with E-state index in [2.05, 4.69) is 170 Å². The molecule has 0 saturated carbocycles. The summed E-state index contributed by atoms with van der Waals surface area (Å²) in [6.07, 6.45) is 0. The van der Waals surface area contributed by atoms with Gasteiger partial charge in [0.1, 0.15) is 22.3 Å². The molecule has 0 N–H and O–H groups in total. The maximum absolute atomic E-state index is 6.82. The van der Waals surface area contributed by atoms with Crippen LogP contribution in [-0.2, 0) is 0 Å². The van der Waals surface area contributed by atoms with Crippen LogP contribution in [0.5, 0.6) is 0 Å².